The van der Waals surface area contributed by atoms with Crippen molar-refractivity contribution in [2.24, 2.45) is 5.92 Å². The van der Waals surface area contributed by atoms with Crippen LogP contribution >= 0.6 is 11.8 Å². The highest BCUT2D eigenvalue weighted by atomic mass is 32.2. The van der Waals surface area contributed by atoms with Crippen LogP contribution in [0, 0.1) is 5.92 Å². The lowest BCUT2D eigenvalue weighted by Gasteiger charge is -2.33. The third-order valence-corrected chi connectivity index (χ3v) is 7.47. The zero-order chi connectivity index (χ0) is 24.4. The van der Waals surface area contributed by atoms with Gasteiger partial charge in [-0.05, 0) is 49.3 Å². The Bertz CT molecular complexity index is 1220. The van der Waals surface area contributed by atoms with E-state index >= 15 is 0 Å². The van der Waals surface area contributed by atoms with E-state index in [1.54, 1.807) is 18.4 Å². The molecule has 1 saturated heterocycles. The Balaban J connectivity index is 1.27. The molecule has 3 heterocycles. The maximum absolute atomic E-state index is 13.0. The van der Waals surface area contributed by atoms with Crippen molar-refractivity contribution in [3.63, 3.8) is 0 Å². The summed E-state index contributed by atoms with van der Waals surface area (Å²) in [4.78, 5) is 38.2. The number of nitrogens with one attached hydrogen (secondary N) is 2. The molecule has 11 heteroatoms. The molecule has 1 spiro atoms. The van der Waals surface area contributed by atoms with Gasteiger partial charge in [0.05, 0.1) is 18.6 Å². The summed E-state index contributed by atoms with van der Waals surface area (Å²) in [5.41, 5.74) is 2.61. The van der Waals surface area contributed by atoms with Crippen molar-refractivity contribution < 1.29 is 18.8 Å². The average molecular weight is 495 g/mol. The largest absolute Gasteiger partial charge is 0.461 e. The van der Waals surface area contributed by atoms with Crippen molar-refractivity contribution in [2.75, 3.05) is 5.75 Å². The van der Waals surface area contributed by atoms with Crippen LogP contribution in [0.2, 0.25) is 0 Å². The van der Waals surface area contributed by atoms with E-state index in [9.17, 15) is 14.4 Å². The molecule has 0 unspecified atom stereocenters. The minimum absolute atomic E-state index is 0.0494. The Morgan fingerprint density at radius 1 is 1.17 bits per heavy atom. The van der Waals surface area contributed by atoms with Crippen molar-refractivity contribution in [3.8, 4) is 11.6 Å². The summed E-state index contributed by atoms with van der Waals surface area (Å²) in [7, 11) is 0. The van der Waals surface area contributed by atoms with Gasteiger partial charge in [-0.3, -0.25) is 19.6 Å². The fourth-order valence-corrected chi connectivity index (χ4v) is 5.22. The molecule has 10 nitrogen and oxygen atoms in total. The van der Waals surface area contributed by atoms with E-state index in [0.717, 1.165) is 23.4 Å². The van der Waals surface area contributed by atoms with E-state index in [0.29, 0.717) is 42.0 Å². The molecule has 1 aliphatic carbocycles. The molecule has 4 amide bonds. The van der Waals surface area contributed by atoms with Gasteiger partial charge in [0.2, 0.25) is 11.7 Å². The summed E-state index contributed by atoms with van der Waals surface area (Å²) < 4.78 is 7.38. The molecule has 182 valence electrons. The lowest BCUT2D eigenvalue weighted by Crippen LogP contribution is -2.51. The normalized spacial score (nSPS) is 22.0. The lowest BCUT2D eigenvalue weighted by atomic mass is 9.77. The van der Waals surface area contributed by atoms with Crippen molar-refractivity contribution in [3.05, 3.63) is 54.3 Å². The molecule has 3 aromatic rings. The van der Waals surface area contributed by atoms with E-state index in [-0.39, 0.29) is 11.7 Å². The number of rotatable bonds is 7. The summed E-state index contributed by atoms with van der Waals surface area (Å²) in [6.45, 7) is 2.63. The van der Waals surface area contributed by atoms with Gasteiger partial charge in [0.15, 0.2) is 10.9 Å². The fraction of sp³-hybridized carbons (Fsp3) is 0.375. The summed E-state index contributed by atoms with van der Waals surface area (Å²) in [5, 5.41) is 12.7. The Hall–Kier alpha value is -3.60. The lowest BCUT2D eigenvalue weighted by molar-refractivity contribution is -0.139. The highest BCUT2D eigenvalue weighted by Crippen LogP contribution is 2.36. The van der Waals surface area contributed by atoms with Gasteiger partial charge >= 0.3 is 6.03 Å². The first kappa shape index (κ1) is 23.2. The smallest absolute Gasteiger partial charge is 0.344 e. The van der Waals surface area contributed by atoms with Crippen molar-refractivity contribution in [1.82, 2.24) is 30.5 Å². The molecule has 0 bridgehead atoms. The Morgan fingerprint density at radius 3 is 2.66 bits per heavy atom. The average Bonchev–Trinajstić information content (AvgIpc) is 3.57. The number of imide groups is 1. The number of furan rings is 1. The van der Waals surface area contributed by atoms with Gasteiger partial charge in [0, 0.05) is 0 Å². The van der Waals surface area contributed by atoms with Gasteiger partial charge in [-0.1, -0.05) is 49.0 Å². The Kier molecular flexibility index (Phi) is 6.33. The number of benzene rings is 1. The molecule has 1 saturated carbocycles. The minimum Gasteiger partial charge on any atom is -0.461 e. The monoisotopic (exact) mass is 494 g/mol. The fourth-order valence-electron chi connectivity index (χ4n) is 4.49. The van der Waals surface area contributed by atoms with Crippen LogP contribution in [0.1, 0.15) is 38.2 Å². The first-order valence-electron chi connectivity index (χ1n) is 11.6. The number of carbonyl (C=O) groups is 3. The van der Waals surface area contributed by atoms with Gasteiger partial charge in [-0.25, -0.2) is 4.79 Å². The van der Waals surface area contributed by atoms with Gasteiger partial charge in [0.1, 0.15) is 5.54 Å². The molecule has 35 heavy (non-hydrogen) atoms. The van der Waals surface area contributed by atoms with E-state index in [1.807, 2.05) is 34.9 Å². The minimum atomic E-state index is -0.905. The SMILES string of the molecule is CC1CCC2(CC1)NC(=O)N(NC(=O)CSc1nnc(-c3ccco3)n1Cc1ccccc1)C2=O. The molecule has 2 N–H and O–H groups in total. The van der Waals surface area contributed by atoms with Crippen LogP contribution in [0.15, 0.2) is 58.3 Å². The first-order chi connectivity index (χ1) is 16.9. The number of hydrazine groups is 1. The van der Waals surface area contributed by atoms with Crippen LogP contribution in [0.25, 0.3) is 11.6 Å². The molecule has 2 fully saturated rings. The van der Waals surface area contributed by atoms with Crippen molar-refractivity contribution in [1.29, 1.82) is 0 Å². The predicted octanol–water partition coefficient (Wildman–Crippen LogP) is 3.21. The summed E-state index contributed by atoms with van der Waals surface area (Å²) in [6.07, 6.45) is 4.45. The zero-order valence-corrected chi connectivity index (χ0v) is 20.1. The molecular formula is C24H26N6O4S. The van der Waals surface area contributed by atoms with E-state index in [2.05, 4.69) is 27.9 Å². The number of aromatic nitrogens is 3. The maximum Gasteiger partial charge on any atom is 0.344 e. The Labute approximate surface area is 206 Å². The van der Waals surface area contributed by atoms with Crippen molar-refractivity contribution in [2.45, 2.75) is 49.8 Å². The van der Waals surface area contributed by atoms with Gasteiger partial charge in [-0.2, -0.15) is 5.01 Å². The Morgan fingerprint density at radius 2 is 1.94 bits per heavy atom. The second-order valence-corrected chi connectivity index (χ2v) is 9.96. The quantitative estimate of drug-likeness (QED) is 0.382. The standard InChI is InChI=1S/C24H26N6O4S/c1-16-9-11-24(12-10-16)21(32)30(22(33)25-24)28-19(31)15-35-23-27-26-20(18-8-5-13-34-18)29(23)14-17-6-3-2-4-7-17/h2-8,13,16H,9-12,14-15H2,1H3,(H,25,33)(H,28,31). The third-order valence-electron chi connectivity index (χ3n) is 6.50. The predicted molar refractivity (Wildman–Crippen MR) is 128 cm³/mol. The van der Waals surface area contributed by atoms with E-state index in [1.165, 1.54) is 11.8 Å². The zero-order valence-electron chi connectivity index (χ0n) is 19.3. The van der Waals surface area contributed by atoms with Crippen LogP contribution in [-0.2, 0) is 16.1 Å². The highest BCUT2D eigenvalue weighted by Gasteiger charge is 2.52. The number of hydrogen-bond donors (Lipinski definition) is 2. The van der Waals surface area contributed by atoms with Crippen LogP contribution < -0.4 is 10.7 Å². The first-order valence-corrected chi connectivity index (χ1v) is 12.5. The maximum atomic E-state index is 13.0. The third kappa shape index (κ3) is 4.68. The van der Waals surface area contributed by atoms with Gasteiger partial charge in [0.25, 0.3) is 5.91 Å². The summed E-state index contributed by atoms with van der Waals surface area (Å²) in [5.74, 6) is 0.713. The number of urea groups is 1. The number of nitrogens with zero attached hydrogens (tertiary/aromatic N) is 4. The molecule has 0 atom stereocenters. The summed E-state index contributed by atoms with van der Waals surface area (Å²) >= 11 is 1.17. The second kappa shape index (κ2) is 9.57. The molecule has 2 aliphatic rings. The topological polar surface area (TPSA) is 122 Å². The molecule has 1 aromatic carbocycles. The number of thioether (sulfide) groups is 1. The number of amides is 4. The van der Waals surface area contributed by atoms with E-state index < -0.39 is 17.5 Å². The summed E-state index contributed by atoms with van der Waals surface area (Å²) in [6, 6.07) is 12.8. The van der Waals surface area contributed by atoms with Gasteiger partial charge in [-0.15, -0.1) is 10.2 Å². The molecular weight excluding hydrogens is 468 g/mol. The van der Waals surface area contributed by atoms with Gasteiger partial charge < -0.3 is 9.73 Å². The van der Waals surface area contributed by atoms with Crippen LogP contribution in [0.4, 0.5) is 4.79 Å². The highest BCUT2D eigenvalue weighted by molar-refractivity contribution is 7.99. The number of carbonyl (C=O) groups excluding carboxylic acids is 3. The van der Waals surface area contributed by atoms with Crippen LogP contribution in [0.5, 0.6) is 0 Å². The van der Waals surface area contributed by atoms with Crippen molar-refractivity contribution >= 4 is 29.6 Å². The molecule has 1 aliphatic heterocycles. The van der Waals surface area contributed by atoms with Crippen LogP contribution in [-0.4, -0.2) is 48.9 Å². The second-order valence-electron chi connectivity index (χ2n) is 9.01. The number of hydrogen-bond acceptors (Lipinski definition) is 7. The molecule has 2 aromatic heterocycles. The van der Waals surface area contributed by atoms with E-state index in [4.69, 9.17) is 4.42 Å². The molecule has 0 radical (unpaired) electrons. The molecule has 5 rings (SSSR count). The van der Waals surface area contributed by atoms with Crippen LogP contribution in [0.3, 0.4) is 0 Å².